The largest absolute Gasteiger partial charge is 0.493 e. The SMILES string of the molecule is COc1ccc(CCN(/C=C2\Sc3ccccc3C2=O)C(C)=O)cc1OC. The molecule has 5 nitrogen and oxygen atoms in total. The standard InChI is InChI=1S/C21H21NO4S/c1-14(23)22(11-10-15-8-9-17(25-2)18(12-15)26-3)13-20-21(24)16-6-4-5-7-19(16)27-20/h4-9,12-13H,10-11H2,1-3H3/b20-13-. The molecule has 0 radical (unpaired) electrons. The normalized spacial score (nSPS) is 14.2. The third-order valence-electron chi connectivity index (χ3n) is 4.34. The molecule has 0 bridgehead atoms. The minimum absolute atomic E-state index is 0.0343. The smallest absolute Gasteiger partial charge is 0.223 e. The number of allylic oxidation sites excluding steroid dienone is 1. The number of thioether (sulfide) groups is 1. The second-order valence-corrected chi connectivity index (χ2v) is 7.16. The van der Waals surface area contributed by atoms with E-state index in [0.717, 1.165) is 10.5 Å². The van der Waals surface area contributed by atoms with E-state index in [1.807, 2.05) is 42.5 Å². The van der Waals surface area contributed by atoms with Crippen molar-refractivity contribution >= 4 is 23.5 Å². The van der Waals surface area contributed by atoms with Crippen LogP contribution < -0.4 is 9.47 Å². The van der Waals surface area contributed by atoms with Gasteiger partial charge in [0.1, 0.15) is 0 Å². The number of fused-ring (bicyclic) bond motifs is 1. The van der Waals surface area contributed by atoms with E-state index in [1.54, 1.807) is 25.3 Å². The average molecular weight is 383 g/mol. The minimum Gasteiger partial charge on any atom is -0.493 e. The third-order valence-corrected chi connectivity index (χ3v) is 5.43. The van der Waals surface area contributed by atoms with E-state index in [4.69, 9.17) is 9.47 Å². The molecule has 1 amide bonds. The zero-order valence-corrected chi connectivity index (χ0v) is 16.3. The van der Waals surface area contributed by atoms with Crippen molar-refractivity contribution in [3.63, 3.8) is 0 Å². The van der Waals surface area contributed by atoms with Gasteiger partial charge in [0.15, 0.2) is 11.5 Å². The number of rotatable bonds is 6. The van der Waals surface area contributed by atoms with Crippen molar-refractivity contribution in [1.82, 2.24) is 4.90 Å². The zero-order chi connectivity index (χ0) is 19.4. The highest BCUT2D eigenvalue weighted by molar-refractivity contribution is 8.04. The predicted molar refractivity (Wildman–Crippen MR) is 105 cm³/mol. The number of Topliss-reactive ketones (excluding diaryl/α,β-unsaturated/α-hetero) is 1. The summed E-state index contributed by atoms with van der Waals surface area (Å²) in [6.07, 6.45) is 2.30. The molecule has 1 aliphatic heterocycles. The summed E-state index contributed by atoms with van der Waals surface area (Å²) < 4.78 is 10.6. The molecule has 0 aromatic heterocycles. The van der Waals surface area contributed by atoms with Gasteiger partial charge in [-0.1, -0.05) is 30.0 Å². The van der Waals surface area contributed by atoms with Crippen LogP contribution in [0.4, 0.5) is 0 Å². The molecule has 0 fully saturated rings. The molecule has 3 rings (SSSR count). The molecule has 0 N–H and O–H groups in total. The van der Waals surface area contributed by atoms with Crippen LogP contribution in [0.25, 0.3) is 0 Å². The van der Waals surface area contributed by atoms with E-state index in [9.17, 15) is 9.59 Å². The van der Waals surface area contributed by atoms with Crippen molar-refractivity contribution < 1.29 is 19.1 Å². The summed E-state index contributed by atoms with van der Waals surface area (Å²) in [5.74, 6) is 1.18. The molecule has 0 atom stereocenters. The van der Waals surface area contributed by atoms with Gasteiger partial charge in [-0.3, -0.25) is 9.59 Å². The van der Waals surface area contributed by atoms with Gasteiger partial charge in [-0.25, -0.2) is 0 Å². The molecule has 0 unspecified atom stereocenters. The summed E-state index contributed by atoms with van der Waals surface area (Å²) in [6, 6.07) is 13.2. The maximum atomic E-state index is 12.5. The molecule has 140 valence electrons. The first kappa shape index (κ1) is 19.0. The van der Waals surface area contributed by atoms with Crippen LogP contribution in [-0.4, -0.2) is 37.4 Å². The number of hydrogen-bond donors (Lipinski definition) is 0. The first-order chi connectivity index (χ1) is 13.0. The van der Waals surface area contributed by atoms with Gasteiger partial charge >= 0.3 is 0 Å². The number of hydrogen-bond acceptors (Lipinski definition) is 5. The first-order valence-corrected chi connectivity index (χ1v) is 9.36. The number of ketones is 1. The zero-order valence-electron chi connectivity index (χ0n) is 15.5. The topological polar surface area (TPSA) is 55.8 Å². The first-order valence-electron chi connectivity index (χ1n) is 8.55. The molecular weight excluding hydrogens is 362 g/mol. The van der Waals surface area contributed by atoms with Crippen molar-refractivity contribution in [2.45, 2.75) is 18.2 Å². The Labute approximate surface area is 163 Å². The van der Waals surface area contributed by atoms with Gasteiger partial charge in [0, 0.05) is 30.1 Å². The quantitative estimate of drug-likeness (QED) is 0.708. The maximum Gasteiger partial charge on any atom is 0.223 e. The summed E-state index contributed by atoms with van der Waals surface area (Å²) >= 11 is 1.40. The summed E-state index contributed by atoms with van der Waals surface area (Å²) in [6.45, 7) is 1.97. The summed E-state index contributed by atoms with van der Waals surface area (Å²) in [5, 5.41) is 0. The van der Waals surface area contributed by atoms with Crippen LogP contribution in [0, 0.1) is 0 Å². The molecule has 27 heavy (non-hydrogen) atoms. The molecular formula is C21H21NO4S. The average Bonchev–Trinajstić information content (AvgIpc) is 3.00. The highest BCUT2D eigenvalue weighted by Gasteiger charge is 2.26. The number of methoxy groups -OCH3 is 2. The van der Waals surface area contributed by atoms with Crippen molar-refractivity contribution in [3.05, 3.63) is 64.7 Å². The molecule has 1 aliphatic rings. The van der Waals surface area contributed by atoms with Gasteiger partial charge in [-0.05, 0) is 36.2 Å². The molecule has 6 heteroatoms. The highest BCUT2D eigenvalue weighted by Crippen LogP contribution is 2.39. The fraction of sp³-hybridized carbons (Fsp3) is 0.238. The Morgan fingerprint density at radius 3 is 2.52 bits per heavy atom. The lowest BCUT2D eigenvalue weighted by Gasteiger charge is -2.17. The second kappa shape index (κ2) is 8.31. The van der Waals surface area contributed by atoms with E-state index < -0.39 is 0 Å². The van der Waals surface area contributed by atoms with Gasteiger partial charge in [-0.15, -0.1) is 0 Å². The number of amides is 1. The van der Waals surface area contributed by atoms with Gasteiger partial charge in [0.2, 0.25) is 11.7 Å². The van der Waals surface area contributed by atoms with Crippen molar-refractivity contribution in [1.29, 1.82) is 0 Å². The van der Waals surface area contributed by atoms with Crippen LogP contribution in [0.15, 0.2) is 58.5 Å². The van der Waals surface area contributed by atoms with Gasteiger partial charge in [-0.2, -0.15) is 0 Å². The maximum absolute atomic E-state index is 12.5. The number of carbonyl (C=O) groups excluding carboxylic acids is 2. The fourth-order valence-electron chi connectivity index (χ4n) is 2.87. The van der Waals surface area contributed by atoms with Crippen molar-refractivity contribution in [3.8, 4) is 11.5 Å². The second-order valence-electron chi connectivity index (χ2n) is 6.07. The Morgan fingerprint density at radius 1 is 1.11 bits per heavy atom. The van der Waals surface area contributed by atoms with E-state index in [-0.39, 0.29) is 11.7 Å². The van der Waals surface area contributed by atoms with E-state index in [1.165, 1.54) is 18.7 Å². The highest BCUT2D eigenvalue weighted by atomic mass is 32.2. The van der Waals surface area contributed by atoms with Crippen LogP contribution in [-0.2, 0) is 11.2 Å². The van der Waals surface area contributed by atoms with E-state index in [2.05, 4.69) is 0 Å². The fourth-order valence-corrected chi connectivity index (χ4v) is 3.90. The molecule has 0 aliphatic carbocycles. The van der Waals surface area contributed by atoms with Gasteiger partial charge < -0.3 is 14.4 Å². The van der Waals surface area contributed by atoms with Gasteiger partial charge in [0.25, 0.3) is 0 Å². The summed E-state index contributed by atoms with van der Waals surface area (Å²) in [7, 11) is 3.18. The minimum atomic E-state index is -0.104. The number of benzene rings is 2. The Kier molecular flexibility index (Phi) is 5.86. The molecule has 0 spiro atoms. The molecule has 2 aromatic carbocycles. The van der Waals surface area contributed by atoms with E-state index in [0.29, 0.717) is 34.9 Å². The predicted octanol–water partition coefficient (Wildman–Crippen LogP) is 3.92. The lowest BCUT2D eigenvalue weighted by Crippen LogP contribution is -2.26. The van der Waals surface area contributed by atoms with E-state index >= 15 is 0 Å². The number of carbonyl (C=O) groups is 2. The Morgan fingerprint density at radius 2 is 1.85 bits per heavy atom. The lowest BCUT2D eigenvalue weighted by molar-refractivity contribution is -0.126. The third kappa shape index (κ3) is 4.17. The van der Waals surface area contributed by atoms with Crippen molar-refractivity contribution in [2.24, 2.45) is 0 Å². The Hall–Kier alpha value is -2.73. The van der Waals surface area contributed by atoms with Crippen LogP contribution in [0.5, 0.6) is 11.5 Å². The molecule has 2 aromatic rings. The van der Waals surface area contributed by atoms with Gasteiger partial charge in [0.05, 0.1) is 19.1 Å². The molecule has 1 heterocycles. The molecule has 0 saturated heterocycles. The van der Waals surface area contributed by atoms with Crippen molar-refractivity contribution in [2.75, 3.05) is 20.8 Å². The lowest BCUT2D eigenvalue weighted by atomic mass is 10.1. The van der Waals surface area contributed by atoms with Crippen LogP contribution in [0.2, 0.25) is 0 Å². The summed E-state index contributed by atoms with van der Waals surface area (Å²) in [4.78, 5) is 27.7. The number of ether oxygens (including phenoxy) is 2. The van der Waals surface area contributed by atoms with Crippen LogP contribution in [0.1, 0.15) is 22.8 Å². The Bertz CT molecular complexity index is 907. The molecule has 0 saturated carbocycles. The summed E-state index contributed by atoms with van der Waals surface area (Å²) in [5.41, 5.74) is 1.71. The van der Waals surface area contributed by atoms with Crippen LogP contribution >= 0.6 is 11.8 Å². The Balaban J connectivity index is 1.74. The number of nitrogens with zero attached hydrogens (tertiary/aromatic N) is 1. The van der Waals surface area contributed by atoms with Crippen LogP contribution in [0.3, 0.4) is 0 Å². The monoisotopic (exact) mass is 383 g/mol.